The van der Waals surface area contributed by atoms with Gasteiger partial charge in [-0.15, -0.1) is 0 Å². The van der Waals surface area contributed by atoms with Crippen LogP contribution in [0.4, 0.5) is 5.69 Å². The van der Waals surface area contributed by atoms with Crippen molar-refractivity contribution in [1.29, 1.82) is 0 Å². The lowest BCUT2D eigenvalue weighted by Crippen LogP contribution is -2.11. The van der Waals surface area contributed by atoms with Crippen molar-refractivity contribution in [2.75, 3.05) is 5.32 Å². The predicted molar refractivity (Wildman–Crippen MR) is 92.9 cm³/mol. The first-order chi connectivity index (χ1) is 11.2. The van der Waals surface area contributed by atoms with Crippen LogP contribution in [0.5, 0.6) is 0 Å². The molecule has 3 aromatic carbocycles. The molecule has 23 heavy (non-hydrogen) atoms. The van der Waals surface area contributed by atoms with Crippen LogP contribution < -0.4 is 5.32 Å². The second kappa shape index (κ2) is 5.29. The molecule has 0 spiro atoms. The van der Waals surface area contributed by atoms with Crippen molar-refractivity contribution >= 4 is 33.3 Å². The highest BCUT2D eigenvalue weighted by molar-refractivity contribution is 6.11. The van der Waals surface area contributed by atoms with Gasteiger partial charge in [-0.3, -0.25) is 4.79 Å². The molecule has 0 radical (unpaired) electrons. The molecular formula is C20H15NO2. The van der Waals surface area contributed by atoms with Gasteiger partial charge in [0.25, 0.3) is 5.91 Å². The summed E-state index contributed by atoms with van der Waals surface area (Å²) in [6, 6.07) is 21.5. The molecule has 112 valence electrons. The number of amides is 1. The van der Waals surface area contributed by atoms with Gasteiger partial charge in [-0.2, -0.15) is 0 Å². The smallest absolute Gasteiger partial charge is 0.291 e. The molecule has 1 N–H and O–H groups in total. The highest BCUT2D eigenvalue weighted by Crippen LogP contribution is 2.32. The topological polar surface area (TPSA) is 42.2 Å². The van der Waals surface area contributed by atoms with Crippen LogP contribution in [0, 0.1) is 6.92 Å². The number of furan rings is 1. The molecule has 0 saturated carbocycles. The van der Waals surface area contributed by atoms with Crippen LogP contribution in [-0.2, 0) is 0 Å². The Balaban J connectivity index is 1.83. The van der Waals surface area contributed by atoms with Gasteiger partial charge in [-0.1, -0.05) is 54.6 Å². The number of hydrogen-bond donors (Lipinski definition) is 1. The van der Waals surface area contributed by atoms with Gasteiger partial charge in [-0.05, 0) is 24.4 Å². The van der Waals surface area contributed by atoms with Gasteiger partial charge < -0.3 is 9.73 Å². The maximum atomic E-state index is 12.5. The molecule has 0 atom stereocenters. The number of carbonyl (C=O) groups is 1. The maximum Gasteiger partial charge on any atom is 0.291 e. The zero-order chi connectivity index (χ0) is 15.8. The van der Waals surface area contributed by atoms with E-state index in [1.54, 1.807) is 0 Å². The van der Waals surface area contributed by atoms with Crippen LogP contribution in [-0.4, -0.2) is 5.91 Å². The van der Waals surface area contributed by atoms with Crippen molar-refractivity contribution < 1.29 is 9.21 Å². The maximum absolute atomic E-state index is 12.5. The molecule has 1 aromatic heterocycles. The molecule has 0 aliphatic carbocycles. The second-order valence-electron chi connectivity index (χ2n) is 5.54. The Morgan fingerprint density at radius 1 is 0.870 bits per heavy atom. The Morgan fingerprint density at radius 2 is 1.61 bits per heavy atom. The minimum Gasteiger partial charge on any atom is -0.450 e. The summed E-state index contributed by atoms with van der Waals surface area (Å²) in [5.74, 6) is 0.134. The fourth-order valence-corrected chi connectivity index (χ4v) is 2.88. The Morgan fingerprint density at radius 3 is 2.43 bits per heavy atom. The summed E-state index contributed by atoms with van der Waals surface area (Å²) in [6.07, 6.45) is 0. The van der Waals surface area contributed by atoms with E-state index in [0.717, 1.165) is 33.0 Å². The Hall–Kier alpha value is -3.07. The zero-order valence-electron chi connectivity index (χ0n) is 12.7. The fourth-order valence-electron chi connectivity index (χ4n) is 2.88. The van der Waals surface area contributed by atoms with Gasteiger partial charge >= 0.3 is 0 Å². The van der Waals surface area contributed by atoms with Crippen LogP contribution in [0.2, 0.25) is 0 Å². The first-order valence-corrected chi connectivity index (χ1v) is 7.51. The Kier molecular flexibility index (Phi) is 3.12. The van der Waals surface area contributed by atoms with Crippen molar-refractivity contribution in [2.45, 2.75) is 6.92 Å². The van der Waals surface area contributed by atoms with Gasteiger partial charge in [0.15, 0.2) is 5.76 Å². The van der Waals surface area contributed by atoms with Gasteiger partial charge in [0.2, 0.25) is 0 Å². The molecule has 4 aromatic rings. The van der Waals surface area contributed by atoms with E-state index in [4.69, 9.17) is 4.42 Å². The standard InChI is InChI=1S/C20H15NO2/c1-13-16-12-11-14-7-5-6-10-17(14)19(16)23-18(13)20(22)21-15-8-3-2-4-9-15/h2-12H,1H3,(H,21,22). The third-order valence-corrected chi connectivity index (χ3v) is 4.07. The number of anilines is 1. The molecular weight excluding hydrogens is 286 g/mol. The second-order valence-corrected chi connectivity index (χ2v) is 5.54. The molecule has 0 aliphatic heterocycles. The minimum atomic E-state index is -0.228. The largest absolute Gasteiger partial charge is 0.450 e. The van der Waals surface area contributed by atoms with Crippen LogP contribution in [0.1, 0.15) is 16.1 Å². The average Bonchev–Trinajstić information content (AvgIpc) is 2.93. The lowest BCUT2D eigenvalue weighted by Gasteiger charge is -2.02. The van der Waals surface area contributed by atoms with E-state index >= 15 is 0 Å². The van der Waals surface area contributed by atoms with E-state index < -0.39 is 0 Å². The normalized spacial score (nSPS) is 11.0. The average molecular weight is 301 g/mol. The Labute approximate surface area is 133 Å². The summed E-state index contributed by atoms with van der Waals surface area (Å²) in [7, 11) is 0. The van der Waals surface area contributed by atoms with Crippen LogP contribution in [0.3, 0.4) is 0 Å². The predicted octanol–water partition coefficient (Wildman–Crippen LogP) is 5.15. The number of fused-ring (bicyclic) bond motifs is 3. The molecule has 4 rings (SSSR count). The molecule has 1 amide bonds. The monoisotopic (exact) mass is 301 g/mol. The van der Waals surface area contributed by atoms with Crippen LogP contribution >= 0.6 is 0 Å². The van der Waals surface area contributed by atoms with Gasteiger partial charge in [0.05, 0.1) is 0 Å². The summed E-state index contributed by atoms with van der Waals surface area (Å²) in [4.78, 5) is 12.5. The molecule has 0 aliphatic rings. The molecule has 3 heteroatoms. The first-order valence-electron chi connectivity index (χ1n) is 7.51. The van der Waals surface area contributed by atoms with Crippen molar-refractivity contribution in [3.8, 4) is 0 Å². The SMILES string of the molecule is Cc1c(C(=O)Nc2ccccc2)oc2c1ccc1ccccc12. The summed E-state index contributed by atoms with van der Waals surface area (Å²) >= 11 is 0. The molecule has 0 bridgehead atoms. The number of para-hydroxylation sites is 1. The fraction of sp³-hybridized carbons (Fsp3) is 0.0500. The zero-order valence-corrected chi connectivity index (χ0v) is 12.7. The Bertz CT molecular complexity index is 1020. The van der Waals surface area contributed by atoms with Gasteiger partial charge in [0, 0.05) is 22.0 Å². The summed E-state index contributed by atoms with van der Waals surface area (Å²) < 4.78 is 5.93. The van der Waals surface area contributed by atoms with Crippen molar-refractivity contribution in [3.05, 3.63) is 78.1 Å². The summed E-state index contributed by atoms with van der Waals surface area (Å²) in [5, 5.41) is 5.97. The van der Waals surface area contributed by atoms with E-state index in [1.807, 2.05) is 67.6 Å². The number of hydrogen-bond acceptors (Lipinski definition) is 2. The molecule has 0 fully saturated rings. The number of carbonyl (C=O) groups excluding carboxylic acids is 1. The summed E-state index contributed by atoms with van der Waals surface area (Å²) in [5.41, 5.74) is 2.38. The minimum absolute atomic E-state index is 0.228. The van der Waals surface area contributed by atoms with Crippen molar-refractivity contribution in [3.63, 3.8) is 0 Å². The highest BCUT2D eigenvalue weighted by Gasteiger charge is 2.19. The van der Waals surface area contributed by atoms with E-state index in [-0.39, 0.29) is 5.91 Å². The van der Waals surface area contributed by atoms with Gasteiger partial charge in [0.1, 0.15) is 5.58 Å². The molecule has 0 saturated heterocycles. The summed E-state index contributed by atoms with van der Waals surface area (Å²) in [6.45, 7) is 1.92. The lowest BCUT2D eigenvalue weighted by molar-refractivity contribution is 0.0998. The first kappa shape index (κ1) is 13.6. The molecule has 0 unspecified atom stereocenters. The highest BCUT2D eigenvalue weighted by atomic mass is 16.3. The number of rotatable bonds is 2. The van der Waals surface area contributed by atoms with E-state index in [0.29, 0.717) is 5.76 Å². The molecule has 1 heterocycles. The number of aryl methyl sites for hydroxylation is 1. The third kappa shape index (κ3) is 2.27. The van der Waals surface area contributed by atoms with Crippen molar-refractivity contribution in [2.24, 2.45) is 0 Å². The van der Waals surface area contributed by atoms with E-state index in [9.17, 15) is 4.79 Å². The number of benzene rings is 3. The van der Waals surface area contributed by atoms with Crippen LogP contribution in [0.25, 0.3) is 21.7 Å². The molecule has 3 nitrogen and oxygen atoms in total. The number of nitrogens with one attached hydrogen (secondary N) is 1. The van der Waals surface area contributed by atoms with Crippen LogP contribution in [0.15, 0.2) is 71.1 Å². The van der Waals surface area contributed by atoms with Crippen molar-refractivity contribution in [1.82, 2.24) is 0 Å². The van der Waals surface area contributed by atoms with Gasteiger partial charge in [-0.25, -0.2) is 0 Å². The third-order valence-electron chi connectivity index (χ3n) is 4.07. The van der Waals surface area contributed by atoms with E-state index in [1.165, 1.54) is 0 Å². The lowest BCUT2D eigenvalue weighted by atomic mass is 10.1. The quantitative estimate of drug-likeness (QED) is 0.556. The van der Waals surface area contributed by atoms with E-state index in [2.05, 4.69) is 11.4 Å².